The smallest absolute Gasteiger partial charge is 0.251 e. The van der Waals surface area contributed by atoms with Crippen molar-refractivity contribution in [1.29, 1.82) is 0 Å². The summed E-state index contributed by atoms with van der Waals surface area (Å²) in [6, 6.07) is 4.57. The van der Waals surface area contributed by atoms with Crippen molar-refractivity contribution < 1.29 is 17.9 Å². The first-order valence-corrected chi connectivity index (χ1v) is 8.92. The normalized spacial score (nSPS) is 18.4. The van der Waals surface area contributed by atoms with Crippen molar-refractivity contribution in [3.05, 3.63) is 29.3 Å². The van der Waals surface area contributed by atoms with Crippen LogP contribution in [0.15, 0.2) is 23.1 Å². The number of carbonyl (C=O) groups is 1. The zero-order chi connectivity index (χ0) is 16.2. The van der Waals surface area contributed by atoms with E-state index in [2.05, 4.69) is 10.0 Å². The van der Waals surface area contributed by atoms with Gasteiger partial charge in [0.25, 0.3) is 5.91 Å². The minimum Gasteiger partial charge on any atom is -0.377 e. The van der Waals surface area contributed by atoms with Crippen LogP contribution < -0.4 is 10.0 Å². The zero-order valence-electron chi connectivity index (χ0n) is 12.9. The maximum Gasteiger partial charge on any atom is 0.251 e. The lowest BCUT2D eigenvalue weighted by Crippen LogP contribution is -2.32. The van der Waals surface area contributed by atoms with E-state index >= 15 is 0 Å². The fourth-order valence-corrected chi connectivity index (χ4v) is 3.45. The fraction of sp³-hybridized carbons (Fsp3) is 0.533. The number of benzene rings is 1. The van der Waals surface area contributed by atoms with Crippen LogP contribution >= 0.6 is 0 Å². The van der Waals surface area contributed by atoms with E-state index < -0.39 is 10.0 Å². The molecule has 1 aliphatic rings. The molecule has 2 N–H and O–H groups in total. The molecule has 22 heavy (non-hydrogen) atoms. The van der Waals surface area contributed by atoms with Crippen LogP contribution in [0.5, 0.6) is 0 Å². The average Bonchev–Trinajstić information content (AvgIpc) is 2.99. The van der Waals surface area contributed by atoms with E-state index in [1.54, 1.807) is 13.0 Å². The summed E-state index contributed by atoms with van der Waals surface area (Å²) in [6.07, 6.45) is 1.75. The highest BCUT2D eigenvalue weighted by Gasteiger charge is 2.21. The number of hydrogen-bond donors (Lipinski definition) is 2. The largest absolute Gasteiger partial charge is 0.377 e. The highest BCUT2D eigenvalue weighted by molar-refractivity contribution is 7.89. The highest BCUT2D eigenvalue weighted by Crippen LogP contribution is 2.17. The van der Waals surface area contributed by atoms with E-state index in [0.717, 1.165) is 18.4 Å². The van der Waals surface area contributed by atoms with E-state index in [4.69, 9.17) is 4.74 Å². The minimum atomic E-state index is -3.65. The predicted molar refractivity (Wildman–Crippen MR) is 83.3 cm³/mol. The van der Waals surface area contributed by atoms with Crippen molar-refractivity contribution in [2.45, 2.75) is 37.7 Å². The van der Waals surface area contributed by atoms with E-state index in [0.29, 0.717) is 18.7 Å². The van der Waals surface area contributed by atoms with Crippen LogP contribution in [0.1, 0.15) is 35.7 Å². The van der Waals surface area contributed by atoms with Crippen molar-refractivity contribution in [3.63, 3.8) is 0 Å². The van der Waals surface area contributed by atoms with E-state index in [1.807, 2.05) is 6.92 Å². The quantitative estimate of drug-likeness (QED) is 0.823. The van der Waals surface area contributed by atoms with Crippen molar-refractivity contribution in [3.8, 4) is 0 Å². The van der Waals surface area contributed by atoms with Crippen LogP contribution in [0.3, 0.4) is 0 Å². The number of rotatable bonds is 6. The van der Waals surface area contributed by atoms with Gasteiger partial charge in [-0.15, -0.1) is 0 Å². The molecule has 7 heteroatoms. The van der Waals surface area contributed by atoms with Gasteiger partial charge < -0.3 is 10.1 Å². The van der Waals surface area contributed by atoms with E-state index in [-0.39, 0.29) is 23.5 Å². The van der Waals surface area contributed by atoms with Crippen molar-refractivity contribution in [1.82, 2.24) is 10.0 Å². The van der Waals surface area contributed by atoms with E-state index in [1.165, 1.54) is 12.1 Å². The van der Waals surface area contributed by atoms with Gasteiger partial charge in [0.05, 0.1) is 11.0 Å². The first-order valence-electron chi connectivity index (χ1n) is 7.44. The van der Waals surface area contributed by atoms with Gasteiger partial charge in [0.15, 0.2) is 0 Å². The highest BCUT2D eigenvalue weighted by atomic mass is 32.2. The Morgan fingerprint density at radius 3 is 2.82 bits per heavy atom. The lowest BCUT2D eigenvalue weighted by atomic mass is 10.1. The summed E-state index contributed by atoms with van der Waals surface area (Å²) < 4.78 is 32.6. The summed E-state index contributed by atoms with van der Waals surface area (Å²) >= 11 is 0. The number of aryl methyl sites for hydroxylation is 1. The Balaban J connectivity index is 2.15. The molecule has 122 valence electrons. The number of amides is 1. The molecular weight excluding hydrogens is 304 g/mol. The number of carbonyl (C=O) groups excluding carboxylic acids is 1. The summed E-state index contributed by atoms with van der Waals surface area (Å²) in [5, 5.41) is 2.68. The Bertz CT molecular complexity index is 637. The Kier molecular flexibility index (Phi) is 5.55. The molecule has 0 saturated carbocycles. The van der Waals surface area contributed by atoms with Gasteiger partial charge in [-0.05, 0) is 44.4 Å². The molecule has 1 amide bonds. The maximum absolute atomic E-state index is 12.3. The molecule has 1 aliphatic heterocycles. The molecule has 1 aromatic rings. The Hall–Kier alpha value is -1.44. The number of ether oxygens (including phenoxy) is 1. The molecule has 0 radical (unpaired) electrons. The summed E-state index contributed by atoms with van der Waals surface area (Å²) in [6.45, 7) is 5.02. The standard InChI is InChI=1S/C15H22N2O4S/c1-3-16-15(18)14-9-13(7-6-11(14)2)22(19,20)17-10-12-5-4-8-21-12/h6-7,9,12,17H,3-5,8,10H2,1-2H3,(H,16,18)/t12-/m1/s1. The maximum atomic E-state index is 12.3. The molecule has 2 rings (SSSR count). The van der Waals surface area contributed by atoms with Gasteiger partial charge in [-0.2, -0.15) is 0 Å². The molecule has 0 aliphatic carbocycles. The molecule has 0 spiro atoms. The predicted octanol–water partition coefficient (Wildman–Crippen LogP) is 1.20. The van der Waals surface area contributed by atoms with Gasteiger partial charge >= 0.3 is 0 Å². The van der Waals surface area contributed by atoms with Crippen LogP contribution in [-0.4, -0.2) is 40.1 Å². The number of sulfonamides is 1. The second-order valence-corrected chi connectivity index (χ2v) is 7.09. The number of nitrogens with one attached hydrogen (secondary N) is 2. The summed E-state index contributed by atoms with van der Waals surface area (Å²) in [5.74, 6) is -0.267. The SMILES string of the molecule is CCNC(=O)c1cc(S(=O)(=O)NC[C@H]2CCCO2)ccc1C. The lowest BCUT2D eigenvalue weighted by molar-refractivity contribution is 0.0955. The molecule has 0 bridgehead atoms. The molecule has 1 aromatic carbocycles. The third-order valence-corrected chi connectivity index (χ3v) is 5.05. The van der Waals surface area contributed by atoms with Crippen LogP contribution in [0, 0.1) is 6.92 Å². The molecule has 1 saturated heterocycles. The fourth-order valence-electron chi connectivity index (χ4n) is 2.36. The summed E-state index contributed by atoms with van der Waals surface area (Å²) in [4.78, 5) is 12.1. The molecule has 1 heterocycles. The third-order valence-electron chi connectivity index (χ3n) is 3.63. The Labute approximate surface area is 131 Å². The van der Waals surface area contributed by atoms with Gasteiger partial charge in [0.1, 0.15) is 0 Å². The molecule has 0 aromatic heterocycles. The van der Waals surface area contributed by atoms with Gasteiger partial charge in [0.2, 0.25) is 10.0 Å². The molecular formula is C15H22N2O4S. The first-order chi connectivity index (χ1) is 10.4. The zero-order valence-corrected chi connectivity index (χ0v) is 13.7. The van der Waals surface area contributed by atoms with Gasteiger partial charge in [-0.3, -0.25) is 4.79 Å². The Morgan fingerprint density at radius 2 is 2.18 bits per heavy atom. The number of hydrogen-bond acceptors (Lipinski definition) is 4. The van der Waals surface area contributed by atoms with Gasteiger partial charge in [-0.1, -0.05) is 6.07 Å². The van der Waals surface area contributed by atoms with Crippen molar-refractivity contribution >= 4 is 15.9 Å². The topological polar surface area (TPSA) is 84.5 Å². The summed E-state index contributed by atoms with van der Waals surface area (Å²) in [7, 11) is -3.65. The molecule has 1 atom stereocenters. The first kappa shape index (κ1) is 16.9. The second kappa shape index (κ2) is 7.21. The lowest BCUT2D eigenvalue weighted by Gasteiger charge is -2.13. The van der Waals surface area contributed by atoms with Gasteiger partial charge in [-0.25, -0.2) is 13.1 Å². The third kappa shape index (κ3) is 4.06. The van der Waals surface area contributed by atoms with Gasteiger partial charge in [0, 0.05) is 25.3 Å². The van der Waals surface area contributed by atoms with Crippen molar-refractivity contribution in [2.75, 3.05) is 19.7 Å². The van der Waals surface area contributed by atoms with E-state index in [9.17, 15) is 13.2 Å². The van der Waals surface area contributed by atoms with Crippen LogP contribution in [0.25, 0.3) is 0 Å². The molecule has 1 fully saturated rings. The summed E-state index contributed by atoms with van der Waals surface area (Å²) in [5.41, 5.74) is 1.12. The monoisotopic (exact) mass is 326 g/mol. The van der Waals surface area contributed by atoms with Crippen LogP contribution in [-0.2, 0) is 14.8 Å². The van der Waals surface area contributed by atoms with Crippen LogP contribution in [0.4, 0.5) is 0 Å². The molecule has 6 nitrogen and oxygen atoms in total. The second-order valence-electron chi connectivity index (χ2n) is 5.32. The Morgan fingerprint density at radius 1 is 1.41 bits per heavy atom. The average molecular weight is 326 g/mol. The molecule has 0 unspecified atom stereocenters. The minimum absolute atomic E-state index is 0.0666. The van der Waals surface area contributed by atoms with Crippen molar-refractivity contribution in [2.24, 2.45) is 0 Å². The van der Waals surface area contributed by atoms with Crippen LogP contribution in [0.2, 0.25) is 0 Å².